The molecule has 0 aliphatic heterocycles. The normalized spacial score (nSPS) is 11.0. The van der Waals surface area contributed by atoms with Crippen LogP contribution in [0.2, 0.25) is 0 Å². The van der Waals surface area contributed by atoms with Crippen LogP contribution in [0.15, 0.2) is 22.7 Å². The summed E-state index contributed by atoms with van der Waals surface area (Å²) in [5, 5.41) is 8.94. The van der Waals surface area contributed by atoms with Gasteiger partial charge in [0.15, 0.2) is 0 Å². The zero-order valence-electron chi connectivity index (χ0n) is 10.3. The molecule has 0 N–H and O–H groups in total. The fourth-order valence-corrected chi connectivity index (χ4v) is 1.56. The third-order valence-electron chi connectivity index (χ3n) is 2.58. The highest BCUT2D eigenvalue weighted by Crippen LogP contribution is 2.24. The molecule has 0 heterocycles. The molecule has 1 aromatic rings. The highest BCUT2D eigenvalue weighted by atomic mass is 79.9. The van der Waals surface area contributed by atoms with E-state index in [0.29, 0.717) is 17.9 Å². The summed E-state index contributed by atoms with van der Waals surface area (Å²) < 4.78 is 11.8. The molecule has 0 radical (unpaired) electrons. The molecule has 0 aromatic heterocycles. The van der Waals surface area contributed by atoms with Gasteiger partial charge in [0.25, 0.3) is 0 Å². The number of ether oxygens (including phenoxy) is 2. The Bertz CT molecular complexity index is 424. The highest BCUT2D eigenvalue weighted by molar-refractivity contribution is 9.10. The van der Waals surface area contributed by atoms with Gasteiger partial charge in [-0.1, -0.05) is 15.9 Å². The van der Waals surface area contributed by atoms with Gasteiger partial charge >= 0.3 is 0 Å². The Labute approximate surface area is 110 Å². The fourth-order valence-electron chi connectivity index (χ4n) is 1.22. The predicted octanol–water partition coefficient (Wildman–Crippen LogP) is 3.51. The SMILES string of the molecule is COC(C)(C)CCOc1cc(Br)ccc1C#N. The molecule has 0 amide bonds. The van der Waals surface area contributed by atoms with Crippen molar-refractivity contribution in [2.75, 3.05) is 13.7 Å². The van der Waals surface area contributed by atoms with Gasteiger partial charge in [0.1, 0.15) is 11.8 Å². The molecule has 0 saturated heterocycles. The van der Waals surface area contributed by atoms with E-state index in [2.05, 4.69) is 22.0 Å². The van der Waals surface area contributed by atoms with Crippen LogP contribution in [0, 0.1) is 11.3 Å². The number of rotatable bonds is 5. The van der Waals surface area contributed by atoms with Crippen LogP contribution in [0.25, 0.3) is 0 Å². The van der Waals surface area contributed by atoms with Crippen molar-refractivity contribution in [1.29, 1.82) is 5.26 Å². The third-order valence-corrected chi connectivity index (χ3v) is 3.07. The van der Waals surface area contributed by atoms with Crippen LogP contribution in [0.4, 0.5) is 0 Å². The minimum Gasteiger partial charge on any atom is -0.492 e. The van der Waals surface area contributed by atoms with Crippen molar-refractivity contribution in [3.8, 4) is 11.8 Å². The Morgan fingerprint density at radius 2 is 2.12 bits per heavy atom. The Morgan fingerprint density at radius 1 is 1.41 bits per heavy atom. The van der Waals surface area contributed by atoms with Crippen molar-refractivity contribution < 1.29 is 9.47 Å². The average molecular weight is 298 g/mol. The quantitative estimate of drug-likeness (QED) is 0.835. The zero-order valence-corrected chi connectivity index (χ0v) is 11.9. The smallest absolute Gasteiger partial charge is 0.138 e. The maximum Gasteiger partial charge on any atom is 0.138 e. The number of nitrogens with zero attached hydrogens (tertiary/aromatic N) is 1. The van der Waals surface area contributed by atoms with Crippen LogP contribution >= 0.6 is 15.9 Å². The maximum absolute atomic E-state index is 8.94. The summed E-state index contributed by atoms with van der Waals surface area (Å²) in [4.78, 5) is 0. The van der Waals surface area contributed by atoms with Crippen molar-refractivity contribution in [3.63, 3.8) is 0 Å². The van der Waals surface area contributed by atoms with E-state index in [1.54, 1.807) is 19.2 Å². The van der Waals surface area contributed by atoms with Gasteiger partial charge in [0, 0.05) is 18.0 Å². The molecule has 1 rings (SSSR count). The van der Waals surface area contributed by atoms with E-state index < -0.39 is 0 Å². The monoisotopic (exact) mass is 297 g/mol. The highest BCUT2D eigenvalue weighted by Gasteiger charge is 2.16. The maximum atomic E-state index is 8.94. The van der Waals surface area contributed by atoms with Gasteiger partial charge in [-0.2, -0.15) is 5.26 Å². The first-order chi connectivity index (χ1) is 7.98. The van der Waals surface area contributed by atoms with Crippen LogP contribution in [0.1, 0.15) is 25.8 Å². The van der Waals surface area contributed by atoms with E-state index in [1.807, 2.05) is 19.9 Å². The first-order valence-electron chi connectivity index (χ1n) is 5.36. The number of hydrogen-bond donors (Lipinski definition) is 0. The summed E-state index contributed by atoms with van der Waals surface area (Å²) in [6.07, 6.45) is 0.765. The van der Waals surface area contributed by atoms with Crippen molar-refractivity contribution >= 4 is 15.9 Å². The molecule has 1 aromatic carbocycles. The molecule has 0 saturated carbocycles. The minimum absolute atomic E-state index is 0.210. The molecule has 0 atom stereocenters. The molecule has 4 heteroatoms. The van der Waals surface area contributed by atoms with Gasteiger partial charge in [0.05, 0.1) is 17.8 Å². The molecule has 0 unspecified atom stereocenters. The van der Waals surface area contributed by atoms with E-state index in [0.717, 1.165) is 10.9 Å². The van der Waals surface area contributed by atoms with Crippen LogP contribution in [0.5, 0.6) is 5.75 Å². The second-order valence-electron chi connectivity index (χ2n) is 4.31. The van der Waals surface area contributed by atoms with Crippen LogP contribution < -0.4 is 4.74 Å². The lowest BCUT2D eigenvalue weighted by atomic mass is 10.1. The number of methoxy groups -OCH3 is 1. The second-order valence-corrected chi connectivity index (χ2v) is 5.23. The van der Waals surface area contributed by atoms with Gasteiger partial charge in [-0.25, -0.2) is 0 Å². The Kier molecular flexibility index (Phi) is 4.98. The number of nitriles is 1. The Balaban J connectivity index is 2.64. The third kappa shape index (κ3) is 4.37. The van der Waals surface area contributed by atoms with Crippen molar-refractivity contribution in [3.05, 3.63) is 28.2 Å². The largest absolute Gasteiger partial charge is 0.492 e. The molecule has 0 bridgehead atoms. The van der Waals surface area contributed by atoms with Gasteiger partial charge in [-0.05, 0) is 32.0 Å². The first kappa shape index (κ1) is 14.0. The van der Waals surface area contributed by atoms with Crippen molar-refractivity contribution in [2.24, 2.45) is 0 Å². The van der Waals surface area contributed by atoms with Gasteiger partial charge < -0.3 is 9.47 Å². The van der Waals surface area contributed by atoms with Crippen LogP contribution in [0.3, 0.4) is 0 Å². The summed E-state index contributed by atoms with van der Waals surface area (Å²) in [5.74, 6) is 0.605. The van der Waals surface area contributed by atoms with E-state index in [9.17, 15) is 0 Å². The van der Waals surface area contributed by atoms with Gasteiger partial charge in [-0.15, -0.1) is 0 Å². The summed E-state index contributed by atoms with van der Waals surface area (Å²) >= 11 is 3.36. The van der Waals surface area contributed by atoms with E-state index in [4.69, 9.17) is 14.7 Å². The van der Waals surface area contributed by atoms with Crippen LogP contribution in [-0.2, 0) is 4.74 Å². The average Bonchev–Trinajstić information content (AvgIpc) is 2.29. The molecule has 92 valence electrons. The second kappa shape index (κ2) is 6.04. The topological polar surface area (TPSA) is 42.2 Å². The molecule has 3 nitrogen and oxygen atoms in total. The molecule has 0 aliphatic rings. The number of hydrogen-bond acceptors (Lipinski definition) is 3. The van der Waals surface area contributed by atoms with Gasteiger partial charge in [-0.3, -0.25) is 0 Å². The lowest BCUT2D eigenvalue weighted by Gasteiger charge is -2.22. The minimum atomic E-state index is -0.210. The van der Waals surface area contributed by atoms with E-state index in [1.165, 1.54) is 0 Å². The first-order valence-corrected chi connectivity index (χ1v) is 6.15. The standard InChI is InChI=1S/C13H16BrNO2/c1-13(2,16-3)6-7-17-12-8-11(14)5-4-10(12)9-15/h4-5,8H,6-7H2,1-3H3. The van der Waals surface area contributed by atoms with Crippen molar-refractivity contribution in [1.82, 2.24) is 0 Å². The molecular weight excluding hydrogens is 282 g/mol. The summed E-state index contributed by atoms with van der Waals surface area (Å²) in [7, 11) is 1.68. The predicted molar refractivity (Wildman–Crippen MR) is 70.1 cm³/mol. The Hall–Kier alpha value is -1.05. The van der Waals surface area contributed by atoms with Crippen LogP contribution in [-0.4, -0.2) is 19.3 Å². The molecular formula is C13H16BrNO2. The number of benzene rings is 1. The van der Waals surface area contributed by atoms with E-state index in [-0.39, 0.29) is 5.60 Å². The van der Waals surface area contributed by atoms with E-state index >= 15 is 0 Å². The molecule has 0 fully saturated rings. The Morgan fingerprint density at radius 3 is 2.71 bits per heavy atom. The molecule has 0 spiro atoms. The fraction of sp³-hybridized carbons (Fsp3) is 0.462. The summed E-state index contributed by atoms with van der Waals surface area (Å²) in [5.41, 5.74) is 0.335. The number of halogens is 1. The molecule has 17 heavy (non-hydrogen) atoms. The summed E-state index contributed by atoms with van der Waals surface area (Å²) in [6.45, 7) is 4.52. The lowest BCUT2D eigenvalue weighted by Crippen LogP contribution is -2.25. The lowest BCUT2D eigenvalue weighted by molar-refractivity contribution is 0.00543. The van der Waals surface area contributed by atoms with Gasteiger partial charge in [0.2, 0.25) is 0 Å². The molecule has 0 aliphatic carbocycles. The summed E-state index contributed by atoms with van der Waals surface area (Å²) in [6, 6.07) is 7.47. The van der Waals surface area contributed by atoms with Crippen molar-refractivity contribution in [2.45, 2.75) is 25.9 Å². The zero-order chi connectivity index (χ0) is 12.9.